The number of hydrogen-bond donors (Lipinski definition) is 1. The van der Waals surface area contributed by atoms with Gasteiger partial charge in [0, 0.05) is 14.6 Å². The van der Waals surface area contributed by atoms with E-state index in [4.69, 9.17) is 9.05 Å². The van der Waals surface area contributed by atoms with Gasteiger partial charge in [0.25, 0.3) is 0 Å². The van der Waals surface area contributed by atoms with E-state index in [2.05, 4.69) is 37.2 Å². The van der Waals surface area contributed by atoms with Gasteiger partial charge in [-0.25, -0.2) is 0 Å². The zero-order valence-corrected chi connectivity index (χ0v) is 20.5. The molecule has 28 heavy (non-hydrogen) atoms. The molecule has 0 unspecified atom stereocenters. The predicted molar refractivity (Wildman–Crippen MR) is 125 cm³/mol. The second kappa shape index (κ2) is 10.7. The Morgan fingerprint density at radius 3 is 1.79 bits per heavy atom. The third-order valence-electron chi connectivity index (χ3n) is 3.56. The van der Waals surface area contributed by atoms with Crippen LogP contribution < -0.4 is 5.32 Å². The monoisotopic (exact) mass is 529 g/mol. The molecule has 1 atom stereocenters. The van der Waals surface area contributed by atoms with E-state index in [-0.39, 0.29) is 12.2 Å². The molecule has 0 aliphatic heterocycles. The zero-order chi connectivity index (χ0) is 20.7. The van der Waals surface area contributed by atoms with Gasteiger partial charge in [-0.05, 0) is 75.7 Å². The third kappa shape index (κ3) is 7.49. The van der Waals surface area contributed by atoms with E-state index in [1.165, 1.54) is 0 Å². The van der Waals surface area contributed by atoms with Crippen molar-refractivity contribution < 1.29 is 13.6 Å². The fraction of sp³-hybridized carbons (Fsp3) is 0.333. The SMILES string of the molecule is CC(C)OP(=O)(OC(C)C)[C@H](/C=C/c1ccc(Br)cc1)Nc1ccc(Br)cc1. The molecule has 0 spiro atoms. The van der Waals surface area contributed by atoms with Crippen LogP contribution in [-0.2, 0) is 13.6 Å². The van der Waals surface area contributed by atoms with Gasteiger partial charge >= 0.3 is 7.60 Å². The van der Waals surface area contributed by atoms with E-state index in [0.29, 0.717) is 0 Å². The van der Waals surface area contributed by atoms with E-state index < -0.39 is 13.4 Å². The summed E-state index contributed by atoms with van der Waals surface area (Å²) in [7, 11) is -3.48. The lowest BCUT2D eigenvalue weighted by atomic mass is 10.2. The number of nitrogens with one attached hydrogen (secondary N) is 1. The molecule has 2 aromatic carbocycles. The van der Waals surface area contributed by atoms with Crippen molar-refractivity contribution >= 4 is 51.2 Å². The van der Waals surface area contributed by atoms with Crippen LogP contribution in [0, 0.1) is 0 Å². The Kier molecular flexibility index (Phi) is 8.97. The van der Waals surface area contributed by atoms with Crippen molar-refractivity contribution in [1.29, 1.82) is 0 Å². The van der Waals surface area contributed by atoms with Crippen LogP contribution in [0.2, 0.25) is 0 Å². The maximum absolute atomic E-state index is 13.7. The number of benzene rings is 2. The standard InChI is InChI=1S/C21H26Br2NO3P/c1-15(2)26-28(25,27-16(3)4)21(24-20-12-10-19(23)11-13-20)14-7-17-5-8-18(22)9-6-17/h5-16,21,24H,1-4H3/b14-7+/t21-/m1/s1. The molecule has 0 radical (unpaired) electrons. The Hall–Kier alpha value is -0.910. The molecule has 4 nitrogen and oxygen atoms in total. The van der Waals surface area contributed by atoms with Crippen LogP contribution in [0.25, 0.3) is 6.08 Å². The molecule has 0 aliphatic rings. The molecule has 0 saturated carbocycles. The molecule has 0 aliphatic carbocycles. The van der Waals surface area contributed by atoms with Crippen molar-refractivity contribution in [3.8, 4) is 0 Å². The summed E-state index contributed by atoms with van der Waals surface area (Å²) in [6, 6.07) is 15.6. The number of anilines is 1. The lowest BCUT2D eigenvalue weighted by molar-refractivity contribution is 0.140. The highest BCUT2D eigenvalue weighted by atomic mass is 79.9. The molecule has 2 rings (SSSR count). The van der Waals surface area contributed by atoms with Gasteiger partial charge in [0.15, 0.2) is 0 Å². The van der Waals surface area contributed by atoms with Crippen LogP contribution in [0.1, 0.15) is 33.3 Å². The van der Waals surface area contributed by atoms with Gasteiger partial charge in [-0.2, -0.15) is 0 Å². The maximum Gasteiger partial charge on any atom is 0.357 e. The lowest BCUT2D eigenvalue weighted by Gasteiger charge is -2.29. The van der Waals surface area contributed by atoms with Gasteiger partial charge in [0.1, 0.15) is 5.78 Å². The van der Waals surface area contributed by atoms with Crippen molar-refractivity contribution in [3.63, 3.8) is 0 Å². The highest BCUT2D eigenvalue weighted by molar-refractivity contribution is 9.10. The number of hydrogen-bond acceptors (Lipinski definition) is 4. The third-order valence-corrected chi connectivity index (χ3v) is 7.03. The van der Waals surface area contributed by atoms with E-state index in [0.717, 1.165) is 20.2 Å². The topological polar surface area (TPSA) is 47.6 Å². The average Bonchev–Trinajstić information content (AvgIpc) is 2.60. The molecule has 2 aromatic rings. The highest BCUT2D eigenvalue weighted by Crippen LogP contribution is 2.55. The molecule has 0 fully saturated rings. The van der Waals surface area contributed by atoms with Crippen LogP contribution in [0.3, 0.4) is 0 Å². The van der Waals surface area contributed by atoms with Crippen LogP contribution in [0.15, 0.2) is 63.6 Å². The number of rotatable bonds is 9. The van der Waals surface area contributed by atoms with Gasteiger partial charge in [-0.3, -0.25) is 4.57 Å². The summed E-state index contributed by atoms with van der Waals surface area (Å²) in [6.45, 7) is 7.41. The zero-order valence-electron chi connectivity index (χ0n) is 16.4. The summed E-state index contributed by atoms with van der Waals surface area (Å²) in [5.74, 6) is -0.637. The molecule has 0 aromatic heterocycles. The fourth-order valence-corrected chi connectivity index (χ4v) is 5.09. The summed E-state index contributed by atoms with van der Waals surface area (Å²) >= 11 is 6.87. The quantitative estimate of drug-likeness (QED) is 0.337. The molecule has 0 saturated heterocycles. The van der Waals surface area contributed by atoms with Crippen molar-refractivity contribution in [1.82, 2.24) is 0 Å². The average molecular weight is 531 g/mol. The summed E-state index contributed by atoms with van der Waals surface area (Å²) in [6.07, 6.45) is 3.29. The summed E-state index contributed by atoms with van der Waals surface area (Å²) in [5, 5.41) is 3.31. The Morgan fingerprint density at radius 2 is 1.32 bits per heavy atom. The van der Waals surface area contributed by atoms with Crippen molar-refractivity contribution in [2.75, 3.05) is 5.32 Å². The first-order chi connectivity index (χ1) is 13.2. The summed E-state index contributed by atoms with van der Waals surface area (Å²) in [5.41, 5.74) is 1.82. The van der Waals surface area contributed by atoms with Crippen molar-refractivity contribution in [3.05, 3.63) is 69.1 Å². The van der Waals surface area contributed by atoms with E-state index in [9.17, 15) is 4.57 Å². The smallest absolute Gasteiger partial charge is 0.357 e. The largest absolute Gasteiger partial charge is 0.368 e. The Bertz CT molecular complexity index is 807. The highest BCUT2D eigenvalue weighted by Gasteiger charge is 2.36. The predicted octanol–water partition coefficient (Wildman–Crippen LogP) is 7.71. The number of halogens is 2. The second-order valence-corrected chi connectivity index (χ2v) is 10.7. The first kappa shape index (κ1) is 23.4. The second-order valence-electron chi connectivity index (χ2n) is 6.85. The Labute approximate surface area is 184 Å². The molecule has 0 heterocycles. The molecule has 1 N–H and O–H groups in total. The van der Waals surface area contributed by atoms with Crippen LogP contribution in [0.4, 0.5) is 5.69 Å². The minimum Gasteiger partial charge on any atom is -0.368 e. The van der Waals surface area contributed by atoms with E-state index >= 15 is 0 Å². The Balaban J connectivity index is 2.38. The van der Waals surface area contributed by atoms with Gasteiger partial charge in [-0.1, -0.05) is 50.1 Å². The minimum atomic E-state index is -3.48. The summed E-state index contributed by atoms with van der Waals surface area (Å²) in [4.78, 5) is 0. The molecule has 0 bridgehead atoms. The molecule has 7 heteroatoms. The normalized spacial score (nSPS) is 13.4. The van der Waals surface area contributed by atoms with Crippen LogP contribution in [0.5, 0.6) is 0 Å². The summed E-state index contributed by atoms with van der Waals surface area (Å²) < 4.78 is 27.3. The molecular formula is C21H26Br2NO3P. The van der Waals surface area contributed by atoms with Crippen molar-refractivity contribution in [2.45, 2.75) is 45.7 Å². The van der Waals surface area contributed by atoms with E-state index in [1.807, 2.05) is 88.4 Å². The maximum atomic E-state index is 13.7. The minimum absolute atomic E-state index is 0.236. The van der Waals surface area contributed by atoms with Gasteiger partial charge in [0.2, 0.25) is 0 Å². The van der Waals surface area contributed by atoms with Gasteiger partial charge in [0.05, 0.1) is 12.2 Å². The molecule has 152 valence electrons. The first-order valence-corrected chi connectivity index (χ1v) is 12.3. The van der Waals surface area contributed by atoms with Gasteiger partial charge in [-0.15, -0.1) is 0 Å². The fourth-order valence-electron chi connectivity index (χ4n) is 2.47. The Morgan fingerprint density at radius 1 is 0.857 bits per heavy atom. The molecule has 0 amide bonds. The molecular weight excluding hydrogens is 505 g/mol. The van der Waals surface area contributed by atoms with E-state index in [1.54, 1.807) is 0 Å². The van der Waals surface area contributed by atoms with Crippen LogP contribution >= 0.6 is 39.5 Å². The van der Waals surface area contributed by atoms with Crippen LogP contribution in [-0.4, -0.2) is 18.0 Å². The van der Waals surface area contributed by atoms with Crippen molar-refractivity contribution in [2.24, 2.45) is 0 Å². The van der Waals surface area contributed by atoms with Gasteiger partial charge < -0.3 is 14.4 Å². The lowest BCUT2D eigenvalue weighted by Crippen LogP contribution is -2.23. The first-order valence-electron chi connectivity index (χ1n) is 9.10.